The van der Waals surface area contributed by atoms with Crippen LogP contribution in [0.1, 0.15) is 26.3 Å². The first-order valence-corrected chi connectivity index (χ1v) is 6.63. The maximum Gasteiger partial charge on any atom is 0.227 e. The highest BCUT2D eigenvalue weighted by Gasteiger charge is 2.22. The molecule has 3 nitrogen and oxygen atoms in total. The molecule has 18 heavy (non-hydrogen) atoms. The summed E-state index contributed by atoms with van der Waals surface area (Å²) in [6.45, 7) is 6.87. The van der Waals surface area contributed by atoms with E-state index in [1.54, 1.807) is 4.90 Å². The third-order valence-electron chi connectivity index (χ3n) is 3.19. The lowest BCUT2D eigenvalue weighted by Crippen LogP contribution is -2.41. The molecule has 0 fully saturated rings. The summed E-state index contributed by atoms with van der Waals surface area (Å²) >= 11 is 6.11. The van der Waals surface area contributed by atoms with Gasteiger partial charge >= 0.3 is 0 Å². The summed E-state index contributed by atoms with van der Waals surface area (Å²) in [5.41, 5.74) is 6.74. The summed E-state index contributed by atoms with van der Waals surface area (Å²) in [4.78, 5) is 14.0. The van der Waals surface area contributed by atoms with Gasteiger partial charge in [-0.1, -0.05) is 36.7 Å². The van der Waals surface area contributed by atoms with E-state index >= 15 is 0 Å². The standard InChI is InChI=1S/C14H21ClN2O/c1-4-17(14(18)10(2)11(3)16)9-12-7-5-6-8-13(12)15/h5-8,10-11H,4,9,16H2,1-3H3. The molecule has 4 heteroatoms. The van der Waals surface area contributed by atoms with E-state index in [9.17, 15) is 4.79 Å². The van der Waals surface area contributed by atoms with Crippen LogP contribution in [0.25, 0.3) is 0 Å². The first-order chi connectivity index (χ1) is 8.47. The normalized spacial score (nSPS) is 14.1. The summed E-state index contributed by atoms with van der Waals surface area (Å²) in [6.07, 6.45) is 0. The Balaban J connectivity index is 2.80. The number of nitrogens with zero attached hydrogens (tertiary/aromatic N) is 1. The highest BCUT2D eigenvalue weighted by Crippen LogP contribution is 2.18. The summed E-state index contributed by atoms with van der Waals surface area (Å²) < 4.78 is 0. The van der Waals surface area contributed by atoms with Crippen molar-refractivity contribution in [3.05, 3.63) is 34.9 Å². The van der Waals surface area contributed by atoms with E-state index in [2.05, 4.69) is 0 Å². The lowest BCUT2D eigenvalue weighted by molar-refractivity contribution is -0.135. The first-order valence-electron chi connectivity index (χ1n) is 6.25. The van der Waals surface area contributed by atoms with Crippen LogP contribution in [0.3, 0.4) is 0 Å². The van der Waals surface area contributed by atoms with Gasteiger partial charge in [0, 0.05) is 24.2 Å². The van der Waals surface area contributed by atoms with Crippen molar-refractivity contribution in [2.24, 2.45) is 11.7 Å². The molecule has 0 aliphatic rings. The van der Waals surface area contributed by atoms with Crippen LogP contribution in [0.15, 0.2) is 24.3 Å². The number of carbonyl (C=O) groups is 1. The molecule has 1 rings (SSSR count). The van der Waals surface area contributed by atoms with Crippen molar-refractivity contribution in [2.45, 2.75) is 33.4 Å². The smallest absolute Gasteiger partial charge is 0.227 e. The molecule has 1 aromatic rings. The van der Waals surface area contributed by atoms with Gasteiger partial charge in [0.25, 0.3) is 0 Å². The van der Waals surface area contributed by atoms with E-state index in [-0.39, 0.29) is 17.9 Å². The van der Waals surface area contributed by atoms with Gasteiger partial charge in [0.1, 0.15) is 0 Å². The van der Waals surface area contributed by atoms with Gasteiger partial charge in [-0.25, -0.2) is 0 Å². The van der Waals surface area contributed by atoms with Crippen LogP contribution in [-0.2, 0) is 11.3 Å². The van der Waals surface area contributed by atoms with E-state index in [0.29, 0.717) is 18.1 Å². The van der Waals surface area contributed by atoms with Gasteiger partial charge in [-0.15, -0.1) is 0 Å². The fourth-order valence-electron chi connectivity index (χ4n) is 1.69. The average molecular weight is 269 g/mol. The number of amides is 1. The van der Waals surface area contributed by atoms with Crippen molar-refractivity contribution in [3.63, 3.8) is 0 Å². The Hall–Kier alpha value is -1.06. The molecule has 0 aromatic heterocycles. The fourth-order valence-corrected chi connectivity index (χ4v) is 1.89. The number of hydrogen-bond acceptors (Lipinski definition) is 2. The predicted octanol–water partition coefficient (Wildman–Crippen LogP) is 2.67. The Labute approximate surface area is 114 Å². The molecule has 0 heterocycles. The van der Waals surface area contributed by atoms with E-state index in [1.807, 2.05) is 45.0 Å². The van der Waals surface area contributed by atoms with Crippen molar-refractivity contribution in [1.29, 1.82) is 0 Å². The monoisotopic (exact) mass is 268 g/mol. The maximum atomic E-state index is 12.2. The molecule has 1 aromatic carbocycles. The molecule has 0 radical (unpaired) electrons. The van der Waals surface area contributed by atoms with Crippen LogP contribution < -0.4 is 5.73 Å². The van der Waals surface area contributed by atoms with Crippen molar-refractivity contribution < 1.29 is 4.79 Å². The van der Waals surface area contributed by atoms with Crippen molar-refractivity contribution in [3.8, 4) is 0 Å². The average Bonchev–Trinajstić information content (AvgIpc) is 2.36. The second kappa shape index (κ2) is 6.76. The largest absolute Gasteiger partial charge is 0.338 e. The van der Waals surface area contributed by atoms with Gasteiger partial charge in [0.15, 0.2) is 0 Å². The second-order valence-corrected chi connectivity index (χ2v) is 5.00. The zero-order valence-corrected chi connectivity index (χ0v) is 11.9. The Morgan fingerprint density at radius 3 is 2.50 bits per heavy atom. The van der Waals surface area contributed by atoms with Gasteiger partial charge in [-0.05, 0) is 25.5 Å². The molecule has 0 spiro atoms. The highest BCUT2D eigenvalue weighted by atomic mass is 35.5. The molecule has 0 bridgehead atoms. The molecule has 100 valence electrons. The minimum Gasteiger partial charge on any atom is -0.338 e. The number of rotatable bonds is 5. The number of halogens is 1. The zero-order valence-electron chi connectivity index (χ0n) is 11.2. The number of nitrogens with two attached hydrogens (primary N) is 1. The number of hydrogen-bond donors (Lipinski definition) is 1. The molecule has 2 N–H and O–H groups in total. The van der Waals surface area contributed by atoms with E-state index in [4.69, 9.17) is 17.3 Å². The fraction of sp³-hybridized carbons (Fsp3) is 0.500. The van der Waals surface area contributed by atoms with Crippen LogP contribution in [0.2, 0.25) is 5.02 Å². The van der Waals surface area contributed by atoms with Crippen molar-refractivity contribution >= 4 is 17.5 Å². The predicted molar refractivity (Wildman–Crippen MR) is 75.4 cm³/mol. The van der Waals surface area contributed by atoms with Crippen LogP contribution in [-0.4, -0.2) is 23.4 Å². The summed E-state index contributed by atoms with van der Waals surface area (Å²) in [5.74, 6) is -0.0974. The summed E-state index contributed by atoms with van der Waals surface area (Å²) in [7, 11) is 0. The highest BCUT2D eigenvalue weighted by molar-refractivity contribution is 6.31. The Kier molecular flexibility index (Phi) is 5.63. The molecule has 1 amide bonds. The van der Waals surface area contributed by atoms with Gasteiger partial charge in [-0.2, -0.15) is 0 Å². The third kappa shape index (κ3) is 3.72. The lowest BCUT2D eigenvalue weighted by atomic mass is 10.0. The lowest BCUT2D eigenvalue weighted by Gasteiger charge is -2.26. The Morgan fingerprint density at radius 2 is 2.00 bits per heavy atom. The van der Waals surface area contributed by atoms with Crippen LogP contribution in [0, 0.1) is 5.92 Å². The van der Waals surface area contributed by atoms with E-state index < -0.39 is 0 Å². The first kappa shape index (κ1) is 15.0. The number of carbonyl (C=O) groups excluding carboxylic acids is 1. The molecule has 0 saturated heterocycles. The SMILES string of the molecule is CCN(Cc1ccccc1Cl)C(=O)C(C)C(C)N. The Bertz CT molecular complexity index is 407. The third-order valence-corrected chi connectivity index (χ3v) is 3.56. The topological polar surface area (TPSA) is 46.3 Å². The molecular formula is C14H21ClN2O. The molecular weight excluding hydrogens is 248 g/mol. The molecule has 0 saturated carbocycles. The van der Waals surface area contributed by atoms with Gasteiger partial charge in [-0.3, -0.25) is 4.79 Å². The van der Waals surface area contributed by atoms with Gasteiger partial charge in [0.05, 0.1) is 5.92 Å². The van der Waals surface area contributed by atoms with E-state index in [0.717, 1.165) is 5.56 Å². The van der Waals surface area contributed by atoms with Crippen molar-refractivity contribution in [1.82, 2.24) is 4.90 Å². The molecule has 2 unspecified atom stereocenters. The van der Waals surface area contributed by atoms with Crippen LogP contribution in [0.4, 0.5) is 0 Å². The van der Waals surface area contributed by atoms with Gasteiger partial charge in [0.2, 0.25) is 5.91 Å². The Morgan fingerprint density at radius 1 is 1.39 bits per heavy atom. The zero-order chi connectivity index (χ0) is 13.7. The summed E-state index contributed by atoms with van der Waals surface area (Å²) in [5, 5.41) is 0.692. The minimum absolute atomic E-state index is 0.0763. The molecule has 2 atom stereocenters. The van der Waals surface area contributed by atoms with Gasteiger partial charge < -0.3 is 10.6 Å². The molecule has 0 aliphatic heterocycles. The number of benzene rings is 1. The summed E-state index contributed by atoms with van der Waals surface area (Å²) in [6, 6.07) is 7.44. The second-order valence-electron chi connectivity index (χ2n) is 4.59. The quantitative estimate of drug-likeness (QED) is 0.892. The van der Waals surface area contributed by atoms with Crippen LogP contribution >= 0.6 is 11.6 Å². The minimum atomic E-state index is -0.174. The van der Waals surface area contributed by atoms with Crippen molar-refractivity contribution in [2.75, 3.05) is 6.54 Å². The maximum absolute atomic E-state index is 12.2. The van der Waals surface area contributed by atoms with E-state index in [1.165, 1.54) is 0 Å². The van der Waals surface area contributed by atoms with Crippen LogP contribution in [0.5, 0.6) is 0 Å². The molecule has 0 aliphatic carbocycles.